The number of benzene rings is 1. The molecule has 166 valence electrons. The third-order valence-electron chi connectivity index (χ3n) is 7.23. The molecule has 3 N–H and O–H groups in total. The topological polar surface area (TPSA) is 111 Å². The zero-order chi connectivity index (χ0) is 22.3. The Hall–Kier alpha value is -2.87. The average Bonchev–Trinajstić information content (AvgIpc) is 3.28. The number of esters is 1. The van der Waals surface area contributed by atoms with Gasteiger partial charge in [-0.15, -0.1) is 0 Å². The Morgan fingerprint density at radius 3 is 2.77 bits per heavy atom. The molecule has 4 atom stereocenters. The van der Waals surface area contributed by atoms with Crippen LogP contribution in [0.1, 0.15) is 46.9 Å². The number of amides is 1. The molecule has 2 fully saturated rings. The predicted octanol–water partition coefficient (Wildman–Crippen LogP) is 1.96. The van der Waals surface area contributed by atoms with Crippen molar-refractivity contribution in [2.24, 2.45) is 17.6 Å². The van der Waals surface area contributed by atoms with Crippen LogP contribution in [0, 0.1) is 11.8 Å². The molecule has 3 aliphatic heterocycles. The van der Waals surface area contributed by atoms with Crippen molar-refractivity contribution in [2.75, 3.05) is 32.6 Å². The molecule has 1 aromatic rings. The number of hydrogen-bond donors (Lipinski definition) is 2. The highest BCUT2D eigenvalue weighted by Crippen LogP contribution is 2.49. The molecule has 3 aliphatic rings. The van der Waals surface area contributed by atoms with E-state index in [4.69, 9.17) is 15.2 Å². The Balaban J connectivity index is 1.72. The van der Waals surface area contributed by atoms with E-state index in [1.807, 2.05) is 6.07 Å². The molecule has 0 bridgehead atoms. The summed E-state index contributed by atoms with van der Waals surface area (Å²) in [5.41, 5.74) is 6.49. The molecule has 1 amide bonds. The molecule has 0 radical (unpaired) electrons. The van der Waals surface area contributed by atoms with E-state index in [1.165, 1.54) is 20.5 Å². The normalized spacial score (nSPS) is 30.0. The molecule has 1 aromatic carbocycles. The Kier molecular flexibility index (Phi) is 5.51. The number of methoxy groups -OCH3 is 2. The minimum Gasteiger partial charge on any atom is -0.504 e. The van der Waals surface area contributed by atoms with Crippen LogP contribution in [0.15, 0.2) is 30.0 Å². The summed E-state index contributed by atoms with van der Waals surface area (Å²) in [6.07, 6.45) is 3.61. The van der Waals surface area contributed by atoms with Crippen molar-refractivity contribution in [1.29, 1.82) is 0 Å². The lowest BCUT2D eigenvalue weighted by Crippen LogP contribution is -2.57. The van der Waals surface area contributed by atoms with E-state index >= 15 is 0 Å². The predicted molar refractivity (Wildman–Crippen MR) is 115 cm³/mol. The molecule has 4 rings (SSSR count). The quantitative estimate of drug-likeness (QED) is 0.420. The first-order chi connectivity index (χ1) is 14.9. The first kappa shape index (κ1) is 21.4. The fourth-order valence-electron chi connectivity index (χ4n) is 5.75. The van der Waals surface area contributed by atoms with E-state index in [1.54, 1.807) is 12.1 Å². The van der Waals surface area contributed by atoms with Crippen molar-refractivity contribution in [3.8, 4) is 0 Å². The highest BCUT2D eigenvalue weighted by Gasteiger charge is 2.59. The minimum absolute atomic E-state index is 0.0894. The van der Waals surface area contributed by atoms with E-state index in [2.05, 4.69) is 17.1 Å². The van der Waals surface area contributed by atoms with Crippen molar-refractivity contribution in [1.82, 2.24) is 4.90 Å². The van der Waals surface area contributed by atoms with Crippen molar-refractivity contribution in [3.05, 3.63) is 41.2 Å². The van der Waals surface area contributed by atoms with Crippen LogP contribution >= 0.6 is 0 Å². The summed E-state index contributed by atoms with van der Waals surface area (Å²) in [7, 11) is 2.88. The van der Waals surface area contributed by atoms with E-state index < -0.39 is 17.4 Å². The highest BCUT2D eigenvalue weighted by atomic mass is 16.5. The fourth-order valence-corrected chi connectivity index (χ4v) is 5.75. The second-order valence-corrected chi connectivity index (χ2v) is 8.59. The largest absolute Gasteiger partial charge is 0.504 e. The fraction of sp³-hybridized carbons (Fsp3) is 0.522. The summed E-state index contributed by atoms with van der Waals surface area (Å²) in [6, 6.07) is 5.03. The zero-order valence-corrected chi connectivity index (χ0v) is 18.1. The number of nitrogens with zero attached hydrogens (tertiary/aromatic N) is 1. The Bertz CT molecular complexity index is 959. The molecular weight excluding hydrogens is 398 g/mol. The molecule has 31 heavy (non-hydrogen) atoms. The molecule has 3 heterocycles. The summed E-state index contributed by atoms with van der Waals surface area (Å²) >= 11 is 0. The number of ether oxygens (including phenoxy) is 2. The third-order valence-corrected chi connectivity index (χ3v) is 7.23. The maximum atomic E-state index is 13.7. The zero-order valence-electron chi connectivity index (χ0n) is 18.1. The number of primary amides is 1. The van der Waals surface area contributed by atoms with Gasteiger partial charge in [0.15, 0.2) is 5.78 Å². The molecule has 8 heteroatoms. The third kappa shape index (κ3) is 3.20. The summed E-state index contributed by atoms with van der Waals surface area (Å²) < 4.78 is 10.2. The molecule has 0 aromatic heterocycles. The monoisotopic (exact) mass is 427 g/mol. The number of rotatable bonds is 5. The molecule has 0 unspecified atom stereocenters. The smallest absolute Gasteiger partial charge is 0.337 e. The number of nitrogens with two attached hydrogens (primary N) is 1. The van der Waals surface area contributed by atoms with Crippen LogP contribution in [-0.4, -0.2) is 61.4 Å². The second-order valence-electron chi connectivity index (χ2n) is 8.59. The van der Waals surface area contributed by atoms with Crippen LogP contribution in [-0.2, 0) is 14.3 Å². The van der Waals surface area contributed by atoms with Gasteiger partial charge in [0.05, 0.1) is 37.2 Å². The van der Waals surface area contributed by atoms with Gasteiger partial charge < -0.3 is 20.5 Å². The molecule has 1 spiro atoms. The van der Waals surface area contributed by atoms with E-state index in [9.17, 15) is 14.4 Å². The molecular formula is C23H29N3O5. The Morgan fingerprint density at radius 1 is 1.35 bits per heavy atom. The number of Topliss-reactive ketones (excluding diaryl/α,β-unsaturated/α-hetero) is 1. The number of piperidine rings is 1. The van der Waals surface area contributed by atoms with Crippen molar-refractivity contribution >= 4 is 23.3 Å². The Morgan fingerprint density at radius 2 is 2.13 bits per heavy atom. The van der Waals surface area contributed by atoms with Crippen molar-refractivity contribution < 1.29 is 23.9 Å². The van der Waals surface area contributed by atoms with Gasteiger partial charge in [0, 0.05) is 24.8 Å². The number of carbonyl (C=O) groups excluding carboxylic acids is 3. The van der Waals surface area contributed by atoms with Crippen LogP contribution in [0.25, 0.3) is 0 Å². The van der Waals surface area contributed by atoms with Crippen LogP contribution in [0.5, 0.6) is 0 Å². The number of carbonyl (C=O) groups is 3. The Labute approximate surface area is 181 Å². The summed E-state index contributed by atoms with van der Waals surface area (Å²) in [5, 5.41) is 3.46. The first-order valence-electron chi connectivity index (χ1n) is 10.7. The van der Waals surface area contributed by atoms with Gasteiger partial charge in [0.25, 0.3) is 0 Å². The van der Waals surface area contributed by atoms with Gasteiger partial charge >= 0.3 is 5.97 Å². The molecule has 0 aliphatic carbocycles. The van der Waals surface area contributed by atoms with Gasteiger partial charge in [-0.05, 0) is 36.8 Å². The number of nitrogens with one attached hydrogen (secondary N) is 1. The highest BCUT2D eigenvalue weighted by molar-refractivity contribution is 6.19. The van der Waals surface area contributed by atoms with Gasteiger partial charge in [-0.2, -0.15) is 0 Å². The van der Waals surface area contributed by atoms with Gasteiger partial charge in [0.2, 0.25) is 5.91 Å². The standard InChI is InChI=1S/C23H29N3O5/c1-4-13-11-26-9-8-23(18(26)10-15(13)16(12-30-2)22(29)31-3)20(27)19-14(21(24)28)6-5-7-17(19)25-23/h5-7,12-13,15,18,25H,4,8-11H2,1-3H3,(H2,24,28)/b16-12+/t13-,15+,18+,23+/m1/s1. The number of hydrogen-bond acceptors (Lipinski definition) is 7. The van der Waals surface area contributed by atoms with Gasteiger partial charge in [0.1, 0.15) is 5.54 Å². The summed E-state index contributed by atoms with van der Waals surface area (Å²) in [6.45, 7) is 3.66. The average molecular weight is 428 g/mol. The lowest BCUT2D eigenvalue weighted by atomic mass is 9.72. The van der Waals surface area contributed by atoms with Gasteiger partial charge in [-0.1, -0.05) is 19.4 Å². The second kappa shape index (κ2) is 8.00. The van der Waals surface area contributed by atoms with E-state index in [-0.39, 0.29) is 29.2 Å². The van der Waals surface area contributed by atoms with Crippen molar-refractivity contribution in [3.63, 3.8) is 0 Å². The number of ketones is 1. The SMILES string of the molecule is CC[C@@H]1CN2CC[C@]3(Nc4cccc(C(N)=O)c4C3=O)[C@@H]2C[C@@H]1/C(=C\OC)C(=O)OC. The van der Waals surface area contributed by atoms with Gasteiger partial charge in [-0.25, -0.2) is 4.79 Å². The number of fused-ring (bicyclic) bond motifs is 3. The van der Waals surface area contributed by atoms with Crippen LogP contribution in [0.3, 0.4) is 0 Å². The van der Waals surface area contributed by atoms with E-state index in [0.29, 0.717) is 29.7 Å². The summed E-state index contributed by atoms with van der Waals surface area (Å²) in [5.74, 6) is -0.957. The molecule has 0 saturated carbocycles. The molecule has 8 nitrogen and oxygen atoms in total. The van der Waals surface area contributed by atoms with Crippen LogP contribution in [0.2, 0.25) is 0 Å². The van der Waals surface area contributed by atoms with E-state index in [0.717, 1.165) is 19.5 Å². The maximum Gasteiger partial charge on any atom is 0.337 e. The first-order valence-corrected chi connectivity index (χ1v) is 10.7. The lowest BCUT2D eigenvalue weighted by molar-refractivity contribution is -0.137. The lowest BCUT2D eigenvalue weighted by Gasteiger charge is -2.45. The number of anilines is 1. The van der Waals surface area contributed by atoms with Crippen molar-refractivity contribution in [2.45, 2.75) is 37.8 Å². The molecule has 2 saturated heterocycles. The summed E-state index contributed by atoms with van der Waals surface area (Å²) in [4.78, 5) is 40.5. The van der Waals surface area contributed by atoms with Crippen LogP contribution in [0.4, 0.5) is 5.69 Å². The van der Waals surface area contributed by atoms with Crippen LogP contribution < -0.4 is 11.1 Å². The minimum atomic E-state index is -0.834. The van der Waals surface area contributed by atoms with Gasteiger partial charge in [-0.3, -0.25) is 14.5 Å². The maximum absolute atomic E-state index is 13.7.